The van der Waals surface area contributed by atoms with Gasteiger partial charge < -0.3 is 19.4 Å². The zero-order chi connectivity index (χ0) is 14.0. The number of aryl methyl sites for hydroxylation is 1. The zero-order valence-corrected chi connectivity index (χ0v) is 11.6. The average molecular weight is 265 g/mol. The predicted octanol–water partition coefficient (Wildman–Crippen LogP) is 2.24. The molecule has 19 heavy (non-hydrogen) atoms. The molecule has 2 N–H and O–H groups in total. The van der Waals surface area contributed by atoms with E-state index in [4.69, 9.17) is 19.4 Å². The molecule has 0 aliphatic carbocycles. The van der Waals surface area contributed by atoms with Crippen LogP contribution in [0.4, 0.5) is 0 Å². The Balaban J connectivity index is 2.19. The van der Waals surface area contributed by atoms with E-state index < -0.39 is 5.54 Å². The Morgan fingerprint density at radius 3 is 2.79 bits per heavy atom. The van der Waals surface area contributed by atoms with Crippen LogP contribution >= 0.6 is 0 Å². The third-order valence-electron chi connectivity index (χ3n) is 2.71. The highest BCUT2D eigenvalue weighted by atomic mass is 16.5. The van der Waals surface area contributed by atoms with E-state index in [-0.39, 0.29) is 6.10 Å². The molecule has 0 saturated heterocycles. The third-order valence-corrected chi connectivity index (χ3v) is 2.71. The van der Waals surface area contributed by atoms with Crippen LogP contribution in [0, 0.1) is 6.92 Å². The van der Waals surface area contributed by atoms with Crippen LogP contribution in [-0.4, -0.2) is 22.9 Å². The molecule has 1 atom stereocenters. The lowest BCUT2D eigenvalue weighted by Crippen LogP contribution is -2.40. The summed E-state index contributed by atoms with van der Waals surface area (Å²) in [5, 5.41) is 3.91. The van der Waals surface area contributed by atoms with Crippen molar-refractivity contribution in [2.45, 2.75) is 39.3 Å². The maximum absolute atomic E-state index is 6.15. The van der Waals surface area contributed by atoms with Gasteiger partial charge in [-0.1, -0.05) is 5.16 Å². The van der Waals surface area contributed by atoms with Crippen molar-refractivity contribution < 1.29 is 13.7 Å². The van der Waals surface area contributed by atoms with Crippen LogP contribution in [0.3, 0.4) is 0 Å². The summed E-state index contributed by atoms with van der Waals surface area (Å²) in [6, 6.07) is 1.84. The number of aromatic nitrogens is 2. The second kappa shape index (κ2) is 5.14. The van der Waals surface area contributed by atoms with Crippen LogP contribution in [0.2, 0.25) is 0 Å². The maximum Gasteiger partial charge on any atom is 0.293 e. The van der Waals surface area contributed by atoms with Gasteiger partial charge in [0.05, 0.1) is 19.0 Å². The second-order valence-electron chi connectivity index (χ2n) is 5.13. The van der Waals surface area contributed by atoms with Gasteiger partial charge in [-0.05, 0) is 33.8 Å². The van der Waals surface area contributed by atoms with E-state index in [2.05, 4.69) is 10.1 Å². The van der Waals surface area contributed by atoms with E-state index in [1.807, 2.05) is 26.8 Å². The summed E-state index contributed by atoms with van der Waals surface area (Å²) in [5.41, 5.74) is 6.29. The van der Waals surface area contributed by atoms with E-state index in [1.54, 1.807) is 13.2 Å². The lowest BCUT2D eigenvalue weighted by molar-refractivity contribution is 0.0410. The number of furan rings is 1. The molecular weight excluding hydrogens is 246 g/mol. The molecule has 0 aliphatic heterocycles. The average Bonchev–Trinajstić information content (AvgIpc) is 2.94. The molecule has 2 aromatic heterocycles. The monoisotopic (exact) mass is 265 g/mol. The largest absolute Gasteiger partial charge is 0.459 e. The Morgan fingerprint density at radius 2 is 2.21 bits per heavy atom. The molecule has 6 heteroatoms. The van der Waals surface area contributed by atoms with Crippen molar-refractivity contribution in [2.75, 3.05) is 6.61 Å². The summed E-state index contributed by atoms with van der Waals surface area (Å²) in [5.74, 6) is 1.30. The van der Waals surface area contributed by atoms with Crippen molar-refractivity contribution in [3.63, 3.8) is 0 Å². The fraction of sp³-hybridized carbons (Fsp3) is 0.538. The highest BCUT2D eigenvalue weighted by molar-refractivity contribution is 5.49. The highest BCUT2D eigenvalue weighted by Gasteiger charge is 2.29. The molecule has 0 aliphatic rings. The molecule has 0 bridgehead atoms. The summed E-state index contributed by atoms with van der Waals surface area (Å²) in [7, 11) is 0. The fourth-order valence-corrected chi connectivity index (χ4v) is 1.54. The summed E-state index contributed by atoms with van der Waals surface area (Å²) in [6.45, 7) is 7.93. The van der Waals surface area contributed by atoms with Crippen molar-refractivity contribution in [1.82, 2.24) is 10.1 Å². The lowest BCUT2D eigenvalue weighted by Gasteiger charge is -2.21. The van der Waals surface area contributed by atoms with Crippen molar-refractivity contribution >= 4 is 0 Å². The normalized spacial score (nSPS) is 14.8. The van der Waals surface area contributed by atoms with Gasteiger partial charge in [0.2, 0.25) is 0 Å². The van der Waals surface area contributed by atoms with Crippen LogP contribution in [0.15, 0.2) is 21.3 Å². The van der Waals surface area contributed by atoms with E-state index >= 15 is 0 Å². The number of ether oxygens (including phenoxy) is 1. The van der Waals surface area contributed by atoms with Crippen LogP contribution in [-0.2, 0) is 10.3 Å². The number of nitrogens with two attached hydrogens (primary N) is 1. The van der Waals surface area contributed by atoms with E-state index in [9.17, 15) is 0 Å². The second-order valence-corrected chi connectivity index (χ2v) is 5.13. The van der Waals surface area contributed by atoms with Gasteiger partial charge in [-0.3, -0.25) is 0 Å². The standard InChI is InChI=1S/C13H19N3O3/c1-8(2)18-7-13(4,14)12-15-11(19-16-12)10-9(3)5-6-17-10/h5-6,8H,7,14H2,1-4H3. The summed E-state index contributed by atoms with van der Waals surface area (Å²) < 4.78 is 16.0. The van der Waals surface area contributed by atoms with Crippen LogP contribution in [0.25, 0.3) is 11.7 Å². The van der Waals surface area contributed by atoms with Gasteiger partial charge in [-0.15, -0.1) is 0 Å². The minimum atomic E-state index is -0.799. The van der Waals surface area contributed by atoms with Crippen molar-refractivity contribution in [3.05, 3.63) is 23.7 Å². The fourth-order valence-electron chi connectivity index (χ4n) is 1.54. The quantitative estimate of drug-likeness (QED) is 0.892. The van der Waals surface area contributed by atoms with Crippen molar-refractivity contribution in [2.24, 2.45) is 5.73 Å². The highest BCUT2D eigenvalue weighted by Crippen LogP contribution is 2.25. The van der Waals surface area contributed by atoms with E-state index in [1.165, 1.54) is 0 Å². The first kappa shape index (κ1) is 13.8. The SMILES string of the molecule is Cc1ccoc1-c1nc(C(C)(N)COC(C)C)no1. The van der Waals surface area contributed by atoms with Gasteiger partial charge in [0, 0.05) is 5.56 Å². The summed E-state index contributed by atoms with van der Waals surface area (Å²) in [4.78, 5) is 4.29. The first-order valence-electron chi connectivity index (χ1n) is 6.19. The van der Waals surface area contributed by atoms with Crippen LogP contribution in [0.5, 0.6) is 0 Å². The van der Waals surface area contributed by atoms with Gasteiger partial charge in [-0.25, -0.2) is 0 Å². The van der Waals surface area contributed by atoms with Crippen molar-refractivity contribution in [3.8, 4) is 11.7 Å². The van der Waals surface area contributed by atoms with Gasteiger partial charge in [-0.2, -0.15) is 4.98 Å². The first-order chi connectivity index (χ1) is 8.90. The topological polar surface area (TPSA) is 87.3 Å². The van der Waals surface area contributed by atoms with Crippen molar-refractivity contribution in [1.29, 1.82) is 0 Å². The lowest BCUT2D eigenvalue weighted by atomic mass is 10.1. The Hall–Kier alpha value is -1.66. The maximum atomic E-state index is 6.15. The smallest absolute Gasteiger partial charge is 0.293 e. The number of hydrogen-bond donors (Lipinski definition) is 1. The zero-order valence-electron chi connectivity index (χ0n) is 11.6. The predicted molar refractivity (Wildman–Crippen MR) is 69.4 cm³/mol. The molecular formula is C13H19N3O3. The Morgan fingerprint density at radius 1 is 1.47 bits per heavy atom. The molecule has 0 spiro atoms. The molecule has 0 aromatic carbocycles. The number of rotatable bonds is 5. The van der Waals surface area contributed by atoms with Gasteiger partial charge >= 0.3 is 0 Å². The van der Waals surface area contributed by atoms with Gasteiger partial charge in [0.1, 0.15) is 5.54 Å². The Kier molecular flexibility index (Phi) is 3.73. The summed E-state index contributed by atoms with van der Waals surface area (Å²) in [6.07, 6.45) is 1.68. The Bertz CT molecular complexity index is 543. The number of nitrogens with zero attached hydrogens (tertiary/aromatic N) is 2. The molecule has 0 amide bonds. The molecule has 1 unspecified atom stereocenters. The molecule has 0 radical (unpaired) electrons. The van der Waals surface area contributed by atoms with Gasteiger partial charge in [0.15, 0.2) is 11.6 Å². The minimum absolute atomic E-state index is 0.0987. The first-order valence-corrected chi connectivity index (χ1v) is 6.19. The van der Waals surface area contributed by atoms with E-state index in [0.29, 0.717) is 24.1 Å². The van der Waals surface area contributed by atoms with Crippen LogP contribution < -0.4 is 5.73 Å². The molecule has 2 aromatic rings. The molecule has 104 valence electrons. The van der Waals surface area contributed by atoms with Crippen LogP contribution in [0.1, 0.15) is 32.2 Å². The molecule has 0 fully saturated rings. The third kappa shape index (κ3) is 3.02. The molecule has 6 nitrogen and oxygen atoms in total. The number of hydrogen-bond acceptors (Lipinski definition) is 6. The molecule has 2 heterocycles. The summed E-state index contributed by atoms with van der Waals surface area (Å²) >= 11 is 0. The van der Waals surface area contributed by atoms with E-state index in [0.717, 1.165) is 5.56 Å². The molecule has 0 saturated carbocycles. The minimum Gasteiger partial charge on any atom is -0.459 e. The molecule has 2 rings (SSSR count). The Labute approximate surface area is 111 Å². The van der Waals surface area contributed by atoms with Gasteiger partial charge in [0.25, 0.3) is 5.89 Å².